The standard InChI is InChI=1S/C22H33NP2/c1-21(2,3)24-19-15-11-13-17(20(19)25-22(4,5)6)16-12-9-10-14-18(16)23(7)8/h9-15,24-25H,1-8H3. The number of nitrogens with zero attached hydrogens (tertiary/aromatic N) is 1. The van der Waals surface area contributed by atoms with Crippen LogP contribution in [0.2, 0.25) is 0 Å². The molecule has 0 radical (unpaired) electrons. The third kappa shape index (κ3) is 5.80. The molecule has 3 heteroatoms. The minimum absolute atomic E-state index is 0.292. The van der Waals surface area contributed by atoms with Crippen LogP contribution in [0.25, 0.3) is 11.1 Å². The zero-order valence-electron chi connectivity index (χ0n) is 17.0. The van der Waals surface area contributed by atoms with E-state index in [1.807, 2.05) is 0 Å². The van der Waals surface area contributed by atoms with Crippen molar-refractivity contribution in [2.24, 2.45) is 0 Å². The van der Waals surface area contributed by atoms with Gasteiger partial charge in [-0.1, -0.05) is 95.1 Å². The van der Waals surface area contributed by atoms with Crippen LogP contribution in [0, 0.1) is 0 Å². The van der Waals surface area contributed by atoms with E-state index < -0.39 is 0 Å². The summed E-state index contributed by atoms with van der Waals surface area (Å²) in [5, 5.41) is 3.70. The van der Waals surface area contributed by atoms with Crippen LogP contribution in [-0.2, 0) is 0 Å². The summed E-state index contributed by atoms with van der Waals surface area (Å²) in [6, 6.07) is 15.7. The molecule has 0 aliphatic rings. The van der Waals surface area contributed by atoms with Gasteiger partial charge in [-0.05, 0) is 32.6 Å². The highest BCUT2D eigenvalue weighted by atomic mass is 31.1. The molecule has 0 aromatic heterocycles. The lowest BCUT2D eigenvalue weighted by atomic mass is 10.0. The molecule has 2 unspecified atom stereocenters. The Morgan fingerprint density at radius 2 is 1.24 bits per heavy atom. The smallest absolute Gasteiger partial charge is 0.0440 e. The summed E-state index contributed by atoms with van der Waals surface area (Å²) in [6.45, 7) is 14.1. The lowest BCUT2D eigenvalue weighted by molar-refractivity contribution is 0.797. The number of hydrogen-bond donors (Lipinski definition) is 0. The van der Waals surface area contributed by atoms with Gasteiger partial charge in [0, 0.05) is 25.3 Å². The SMILES string of the molecule is CN(C)c1ccccc1-c1cccc(PC(C)(C)C)c1PC(C)(C)C. The lowest BCUT2D eigenvalue weighted by Gasteiger charge is -2.28. The Kier molecular flexibility index (Phi) is 6.35. The first-order valence-corrected chi connectivity index (χ1v) is 10.9. The fourth-order valence-electron chi connectivity index (χ4n) is 2.89. The predicted molar refractivity (Wildman–Crippen MR) is 122 cm³/mol. The average Bonchev–Trinajstić information content (AvgIpc) is 2.46. The number of rotatable bonds is 4. The monoisotopic (exact) mass is 373 g/mol. The first kappa shape index (κ1) is 20.4. The molecule has 0 saturated heterocycles. The molecule has 0 fully saturated rings. The fraction of sp³-hybridized carbons (Fsp3) is 0.455. The van der Waals surface area contributed by atoms with Gasteiger partial charge in [0.15, 0.2) is 0 Å². The molecule has 0 bridgehead atoms. The molecule has 2 atom stereocenters. The number of hydrogen-bond acceptors (Lipinski definition) is 1. The van der Waals surface area contributed by atoms with Crippen LogP contribution in [0.4, 0.5) is 5.69 Å². The Bertz CT molecular complexity index is 722. The molecule has 2 rings (SSSR count). The first-order valence-electron chi connectivity index (χ1n) is 8.94. The second-order valence-corrected chi connectivity index (χ2v) is 13.4. The van der Waals surface area contributed by atoms with Gasteiger partial charge in [0.2, 0.25) is 0 Å². The molecule has 2 aromatic rings. The molecular weight excluding hydrogens is 340 g/mol. The Labute approximate surface area is 158 Å². The maximum absolute atomic E-state index is 2.35. The Balaban J connectivity index is 2.67. The average molecular weight is 373 g/mol. The van der Waals surface area contributed by atoms with E-state index in [1.54, 1.807) is 5.30 Å². The molecule has 0 heterocycles. The van der Waals surface area contributed by atoms with Crippen molar-refractivity contribution in [2.75, 3.05) is 19.0 Å². The van der Waals surface area contributed by atoms with Gasteiger partial charge in [-0.25, -0.2) is 0 Å². The third-order valence-electron chi connectivity index (χ3n) is 3.75. The van der Waals surface area contributed by atoms with E-state index in [0.29, 0.717) is 10.3 Å². The Morgan fingerprint density at radius 3 is 1.80 bits per heavy atom. The normalized spacial score (nSPS) is 13.3. The Hall–Kier alpha value is -0.900. The van der Waals surface area contributed by atoms with Gasteiger partial charge in [-0.2, -0.15) is 0 Å². The number of benzene rings is 2. The van der Waals surface area contributed by atoms with Gasteiger partial charge in [0.1, 0.15) is 0 Å². The van der Waals surface area contributed by atoms with Gasteiger partial charge < -0.3 is 4.90 Å². The fourth-order valence-corrected chi connectivity index (χ4v) is 5.83. The highest BCUT2D eigenvalue weighted by Crippen LogP contribution is 2.39. The maximum atomic E-state index is 2.35. The van der Waals surface area contributed by atoms with Crippen LogP contribution >= 0.6 is 17.2 Å². The van der Waals surface area contributed by atoms with E-state index in [0.717, 1.165) is 17.2 Å². The number of anilines is 1. The first-order chi connectivity index (χ1) is 11.5. The van der Waals surface area contributed by atoms with Crippen molar-refractivity contribution in [1.29, 1.82) is 0 Å². The summed E-state index contributed by atoms with van der Waals surface area (Å²) in [4.78, 5) is 2.22. The van der Waals surface area contributed by atoms with E-state index in [4.69, 9.17) is 0 Å². The van der Waals surface area contributed by atoms with Gasteiger partial charge in [-0.3, -0.25) is 0 Å². The summed E-state index contributed by atoms with van der Waals surface area (Å²) in [6.07, 6.45) is 0. The van der Waals surface area contributed by atoms with Crippen molar-refractivity contribution >= 4 is 33.5 Å². The topological polar surface area (TPSA) is 3.24 Å². The minimum atomic E-state index is 0.292. The minimum Gasteiger partial charge on any atom is -0.377 e. The van der Waals surface area contributed by atoms with Crippen molar-refractivity contribution in [3.05, 3.63) is 42.5 Å². The van der Waals surface area contributed by atoms with Gasteiger partial charge >= 0.3 is 0 Å². The van der Waals surface area contributed by atoms with Crippen LogP contribution < -0.4 is 15.5 Å². The van der Waals surface area contributed by atoms with E-state index >= 15 is 0 Å². The van der Waals surface area contributed by atoms with Crippen molar-refractivity contribution in [3.8, 4) is 11.1 Å². The van der Waals surface area contributed by atoms with Gasteiger partial charge in [0.25, 0.3) is 0 Å². The molecule has 0 amide bonds. The molecule has 136 valence electrons. The molecule has 0 aliphatic carbocycles. The van der Waals surface area contributed by atoms with E-state index in [9.17, 15) is 0 Å². The summed E-state index contributed by atoms with van der Waals surface area (Å²) in [5.74, 6) is 0. The quantitative estimate of drug-likeness (QED) is 0.629. The van der Waals surface area contributed by atoms with Crippen LogP contribution in [0.5, 0.6) is 0 Å². The third-order valence-corrected chi connectivity index (χ3v) is 6.97. The van der Waals surface area contributed by atoms with Crippen LogP contribution in [0.15, 0.2) is 42.5 Å². The zero-order chi connectivity index (χ0) is 18.8. The molecule has 1 nitrogen and oxygen atoms in total. The molecule has 0 aliphatic heterocycles. The highest BCUT2D eigenvalue weighted by Gasteiger charge is 2.22. The zero-order valence-corrected chi connectivity index (χ0v) is 19.0. The molecule has 0 saturated carbocycles. The van der Waals surface area contributed by atoms with Crippen LogP contribution in [0.3, 0.4) is 0 Å². The molecule has 0 spiro atoms. The predicted octanol–water partition coefficient (Wildman–Crippen LogP) is 5.62. The van der Waals surface area contributed by atoms with Crippen LogP contribution in [0.1, 0.15) is 41.5 Å². The maximum Gasteiger partial charge on any atom is 0.0440 e. The van der Waals surface area contributed by atoms with E-state index in [-0.39, 0.29) is 0 Å². The van der Waals surface area contributed by atoms with E-state index in [1.165, 1.54) is 22.1 Å². The summed E-state index contributed by atoms with van der Waals surface area (Å²) in [7, 11) is 5.89. The molecular formula is C22H33NP2. The second-order valence-electron chi connectivity index (χ2n) is 8.89. The second kappa shape index (κ2) is 7.77. The lowest BCUT2D eigenvalue weighted by Crippen LogP contribution is -2.27. The summed E-state index contributed by atoms with van der Waals surface area (Å²) < 4.78 is 0. The van der Waals surface area contributed by atoms with E-state index in [2.05, 4.69) is 103 Å². The van der Waals surface area contributed by atoms with Crippen molar-refractivity contribution in [3.63, 3.8) is 0 Å². The molecule has 25 heavy (non-hydrogen) atoms. The molecule has 0 N–H and O–H groups in total. The molecule has 2 aromatic carbocycles. The number of para-hydroxylation sites is 1. The largest absolute Gasteiger partial charge is 0.377 e. The Morgan fingerprint density at radius 1 is 0.680 bits per heavy atom. The van der Waals surface area contributed by atoms with Crippen molar-refractivity contribution in [2.45, 2.75) is 51.9 Å². The van der Waals surface area contributed by atoms with Crippen molar-refractivity contribution in [1.82, 2.24) is 0 Å². The summed E-state index contributed by atoms with van der Waals surface area (Å²) >= 11 is 0. The summed E-state index contributed by atoms with van der Waals surface area (Å²) in [5.41, 5.74) is 4.05. The van der Waals surface area contributed by atoms with Crippen molar-refractivity contribution < 1.29 is 0 Å². The van der Waals surface area contributed by atoms with Crippen LogP contribution in [-0.4, -0.2) is 24.4 Å². The highest BCUT2D eigenvalue weighted by molar-refractivity contribution is 7.56. The van der Waals surface area contributed by atoms with Gasteiger partial charge in [-0.15, -0.1) is 0 Å². The van der Waals surface area contributed by atoms with Gasteiger partial charge in [0.05, 0.1) is 0 Å².